The summed E-state index contributed by atoms with van der Waals surface area (Å²) in [6, 6.07) is 7.44. The number of nitrogens with one attached hydrogen (secondary N) is 1. The number of carbonyl (C=O) groups is 1. The smallest absolute Gasteiger partial charge is 0.223 e. The summed E-state index contributed by atoms with van der Waals surface area (Å²) in [7, 11) is -1.55. The molecular formula is C17H26N2O4S. The average Bonchev–Trinajstić information content (AvgIpc) is 2.61. The van der Waals surface area contributed by atoms with E-state index in [-0.39, 0.29) is 23.6 Å². The predicted octanol–water partition coefficient (Wildman–Crippen LogP) is 1.93. The van der Waals surface area contributed by atoms with Crippen molar-refractivity contribution in [2.75, 3.05) is 26.0 Å². The Kier molecular flexibility index (Phi) is 6.23. The maximum atomic E-state index is 12.5. The molecule has 1 aromatic rings. The highest BCUT2D eigenvalue weighted by Crippen LogP contribution is 2.26. The van der Waals surface area contributed by atoms with Crippen LogP contribution in [-0.4, -0.2) is 44.6 Å². The summed E-state index contributed by atoms with van der Waals surface area (Å²) in [5, 5.41) is 3.02. The molecule has 0 unspecified atom stereocenters. The van der Waals surface area contributed by atoms with Gasteiger partial charge in [-0.15, -0.1) is 0 Å². The Morgan fingerprint density at radius 1 is 1.33 bits per heavy atom. The van der Waals surface area contributed by atoms with Crippen LogP contribution in [0.1, 0.15) is 38.3 Å². The second-order valence-corrected chi connectivity index (χ2v) is 8.30. The Balaban J connectivity index is 1.94. The van der Waals surface area contributed by atoms with E-state index in [2.05, 4.69) is 5.32 Å². The van der Waals surface area contributed by atoms with Crippen LogP contribution in [0.5, 0.6) is 5.75 Å². The molecule has 1 saturated heterocycles. The van der Waals surface area contributed by atoms with Gasteiger partial charge < -0.3 is 10.1 Å². The Morgan fingerprint density at radius 3 is 2.54 bits per heavy atom. The molecule has 1 aliphatic rings. The van der Waals surface area contributed by atoms with Gasteiger partial charge in [0.1, 0.15) is 5.75 Å². The molecule has 134 valence electrons. The molecule has 0 spiro atoms. The molecule has 1 heterocycles. The Bertz CT molecular complexity index is 667. The SMILES string of the molecule is CCS(=O)(=O)N1CCC(C(=O)N[C@@H](C)c2ccccc2OC)CC1. The first-order valence-corrected chi connectivity index (χ1v) is 9.91. The maximum Gasteiger partial charge on any atom is 0.223 e. The second-order valence-electron chi connectivity index (χ2n) is 6.05. The van der Waals surface area contributed by atoms with Gasteiger partial charge in [0.25, 0.3) is 0 Å². The fourth-order valence-electron chi connectivity index (χ4n) is 3.01. The number of para-hydroxylation sites is 1. The van der Waals surface area contributed by atoms with E-state index in [9.17, 15) is 13.2 Å². The molecule has 2 rings (SSSR count). The highest BCUT2D eigenvalue weighted by atomic mass is 32.2. The number of amides is 1. The topological polar surface area (TPSA) is 75.7 Å². The van der Waals surface area contributed by atoms with Crippen LogP contribution in [0.15, 0.2) is 24.3 Å². The third kappa shape index (κ3) is 4.27. The first-order valence-electron chi connectivity index (χ1n) is 8.30. The van der Waals surface area contributed by atoms with E-state index in [0.717, 1.165) is 11.3 Å². The number of ether oxygens (including phenoxy) is 1. The molecule has 1 aromatic carbocycles. The number of benzene rings is 1. The number of sulfonamides is 1. The minimum Gasteiger partial charge on any atom is -0.496 e. The molecule has 1 fully saturated rings. The lowest BCUT2D eigenvalue weighted by Crippen LogP contribution is -2.43. The van der Waals surface area contributed by atoms with Crippen LogP contribution in [0.3, 0.4) is 0 Å². The van der Waals surface area contributed by atoms with Crippen molar-refractivity contribution < 1.29 is 17.9 Å². The predicted molar refractivity (Wildman–Crippen MR) is 93.3 cm³/mol. The van der Waals surface area contributed by atoms with Crippen molar-refractivity contribution in [3.63, 3.8) is 0 Å². The fourth-order valence-corrected chi connectivity index (χ4v) is 4.14. The number of nitrogens with zero attached hydrogens (tertiary/aromatic N) is 1. The highest BCUT2D eigenvalue weighted by molar-refractivity contribution is 7.89. The van der Waals surface area contributed by atoms with Gasteiger partial charge in [0.2, 0.25) is 15.9 Å². The Morgan fingerprint density at radius 2 is 1.96 bits per heavy atom. The van der Waals surface area contributed by atoms with Gasteiger partial charge in [0.05, 0.1) is 18.9 Å². The zero-order chi connectivity index (χ0) is 17.7. The van der Waals surface area contributed by atoms with Crippen molar-refractivity contribution in [3.05, 3.63) is 29.8 Å². The fraction of sp³-hybridized carbons (Fsp3) is 0.588. The summed E-state index contributed by atoms with van der Waals surface area (Å²) in [5.41, 5.74) is 0.930. The molecule has 0 radical (unpaired) electrons. The van der Waals surface area contributed by atoms with Crippen LogP contribution in [0.2, 0.25) is 0 Å². The lowest BCUT2D eigenvalue weighted by atomic mass is 9.96. The molecule has 6 nitrogen and oxygen atoms in total. The van der Waals surface area contributed by atoms with E-state index < -0.39 is 10.0 Å². The van der Waals surface area contributed by atoms with Crippen molar-refractivity contribution in [1.82, 2.24) is 9.62 Å². The first-order chi connectivity index (χ1) is 11.4. The Hall–Kier alpha value is -1.60. The van der Waals surface area contributed by atoms with Gasteiger partial charge >= 0.3 is 0 Å². The summed E-state index contributed by atoms with van der Waals surface area (Å²) < 4.78 is 30.6. The quantitative estimate of drug-likeness (QED) is 0.847. The summed E-state index contributed by atoms with van der Waals surface area (Å²) in [6.07, 6.45) is 1.12. The zero-order valence-electron chi connectivity index (χ0n) is 14.5. The highest BCUT2D eigenvalue weighted by Gasteiger charge is 2.30. The summed E-state index contributed by atoms with van der Waals surface area (Å²) in [5.74, 6) is 0.677. The summed E-state index contributed by atoms with van der Waals surface area (Å²) >= 11 is 0. The molecule has 0 bridgehead atoms. The maximum absolute atomic E-state index is 12.5. The van der Waals surface area contributed by atoms with Crippen LogP contribution in [0.25, 0.3) is 0 Å². The van der Waals surface area contributed by atoms with Gasteiger partial charge in [-0.25, -0.2) is 12.7 Å². The van der Waals surface area contributed by atoms with Crippen molar-refractivity contribution in [1.29, 1.82) is 0 Å². The summed E-state index contributed by atoms with van der Waals surface area (Å²) in [4.78, 5) is 12.5. The minimum absolute atomic E-state index is 0.0260. The lowest BCUT2D eigenvalue weighted by molar-refractivity contribution is -0.126. The average molecular weight is 354 g/mol. The number of rotatable bonds is 6. The normalized spacial score (nSPS) is 18.1. The first kappa shape index (κ1) is 18.7. The lowest BCUT2D eigenvalue weighted by Gasteiger charge is -2.31. The molecule has 1 atom stereocenters. The molecule has 1 amide bonds. The minimum atomic E-state index is -3.16. The second kappa shape index (κ2) is 7.98. The van der Waals surface area contributed by atoms with Gasteiger partial charge in [-0.2, -0.15) is 0 Å². The van der Waals surface area contributed by atoms with Gasteiger partial charge in [-0.1, -0.05) is 18.2 Å². The van der Waals surface area contributed by atoms with E-state index in [1.807, 2.05) is 31.2 Å². The monoisotopic (exact) mass is 354 g/mol. The van der Waals surface area contributed by atoms with Gasteiger partial charge in [0, 0.05) is 24.6 Å². The third-order valence-corrected chi connectivity index (χ3v) is 6.43. The number of hydrogen-bond donors (Lipinski definition) is 1. The van der Waals surface area contributed by atoms with E-state index in [1.54, 1.807) is 14.0 Å². The van der Waals surface area contributed by atoms with Gasteiger partial charge in [-0.3, -0.25) is 4.79 Å². The van der Waals surface area contributed by atoms with E-state index in [1.165, 1.54) is 4.31 Å². The van der Waals surface area contributed by atoms with Crippen LogP contribution in [0, 0.1) is 5.92 Å². The molecule has 0 aliphatic carbocycles. The van der Waals surface area contributed by atoms with E-state index >= 15 is 0 Å². The number of hydrogen-bond acceptors (Lipinski definition) is 4. The largest absolute Gasteiger partial charge is 0.496 e. The van der Waals surface area contributed by atoms with E-state index in [4.69, 9.17) is 4.74 Å². The molecule has 7 heteroatoms. The third-order valence-electron chi connectivity index (χ3n) is 4.55. The molecule has 24 heavy (non-hydrogen) atoms. The molecule has 1 N–H and O–H groups in total. The molecule has 0 saturated carbocycles. The molecule has 0 aromatic heterocycles. The molecule has 1 aliphatic heterocycles. The molecular weight excluding hydrogens is 328 g/mol. The van der Waals surface area contributed by atoms with Crippen molar-refractivity contribution in [2.24, 2.45) is 5.92 Å². The van der Waals surface area contributed by atoms with Crippen LogP contribution in [0.4, 0.5) is 0 Å². The van der Waals surface area contributed by atoms with Crippen molar-refractivity contribution in [3.8, 4) is 5.75 Å². The number of piperidine rings is 1. The van der Waals surface area contributed by atoms with Crippen LogP contribution < -0.4 is 10.1 Å². The number of methoxy groups -OCH3 is 1. The van der Waals surface area contributed by atoms with E-state index in [0.29, 0.717) is 25.9 Å². The zero-order valence-corrected chi connectivity index (χ0v) is 15.3. The van der Waals surface area contributed by atoms with Crippen molar-refractivity contribution in [2.45, 2.75) is 32.7 Å². The standard InChI is InChI=1S/C17H26N2O4S/c1-4-24(21,22)19-11-9-14(10-12-19)17(20)18-13(2)15-7-5-6-8-16(15)23-3/h5-8,13-14H,4,9-12H2,1-3H3,(H,18,20)/t13-/m0/s1. The van der Waals surface area contributed by atoms with Crippen LogP contribution >= 0.6 is 0 Å². The summed E-state index contributed by atoms with van der Waals surface area (Å²) in [6.45, 7) is 4.39. The van der Waals surface area contributed by atoms with Gasteiger partial charge in [0.15, 0.2) is 0 Å². The van der Waals surface area contributed by atoms with Crippen LogP contribution in [-0.2, 0) is 14.8 Å². The number of carbonyl (C=O) groups excluding carboxylic acids is 1. The van der Waals surface area contributed by atoms with Crippen molar-refractivity contribution >= 4 is 15.9 Å². The Labute approximate surface area is 144 Å². The van der Waals surface area contributed by atoms with Gasteiger partial charge in [-0.05, 0) is 32.8 Å².